The first kappa shape index (κ1) is 21.0. The fourth-order valence-corrected chi connectivity index (χ4v) is 3.98. The van der Waals surface area contributed by atoms with Gasteiger partial charge in [-0.25, -0.2) is 0 Å². The molecule has 4 rings (SSSR count). The molecule has 0 aliphatic heterocycles. The highest BCUT2D eigenvalue weighted by Crippen LogP contribution is 2.21. The summed E-state index contributed by atoms with van der Waals surface area (Å²) in [5.41, 5.74) is 2.56. The first-order valence-corrected chi connectivity index (χ1v) is 10.8. The lowest BCUT2D eigenvalue weighted by Crippen LogP contribution is -2.26. The number of carbonyl (C=O) groups excluding carboxylic acids is 1. The smallest absolute Gasteiger partial charge is 0.259 e. The summed E-state index contributed by atoms with van der Waals surface area (Å²) in [7, 11) is 0. The quantitative estimate of drug-likeness (QED) is 0.381. The summed E-state index contributed by atoms with van der Waals surface area (Å²) < 4.78 is 2.47. The van der Waals surface area contributed by atoms with Gasteiger partial charge in [-0.15, -0.1) is 0 Å². The predicted octanol–water partition coefficient (Wildman–Crippen LogP) is 4.13. The molecule has 8 heteroatoms. The Labute approximate surface area is 184 Å². The van der Waals surface area contributed by atoms with Gasteiger partial charge in [-0.1, -0.05) is 13.8 Å². The van der Waals surface area contributed by atoms with Crippen LogP contribution >= 0.6 is 12.2 Å². The molecule has 2 heterocycles. The molecule has 0 spiro atoms. The third kappa shape index (κ3) is 4.45. The predicted molar refractivity (Wildman–Crippen MR) is 127 cm³/mol. The van der Waals surface area contributed by atoms with Crippen LogP contribution in [-0.4, -0.2) is 45.0 Å². The number of benzene rings is 2. The van der Waals surface area contributed by atoms with Crippen LogP contribution in [0.5, 0.6) is 0 Å². The Balaban J connectivity index is 1.53. The molecule has 0 aliphatic carbocycles. The number of nitrogens with zero attached hydrogens (tertiary/aromatic N) is 2. The molecule has 0 unspecified atom stereocenters. The Bertz CT molecular complexity index is 1360. The van der Waals surface area contributed by atoms with Gasteiger partial charge in [0.15, 0.2) is 4.77 Å². The van der Waals surface area contributed by atoms with Gasteiger partial charge >= 0.3 is 0 Å². The van der Waals surface area contributed by atoms with Crippen LogP contribution in [0.15, 0.2) is 53.5 Å². The zero-order valence-electron chi connectivity index (χ0n) is 17.6. The van der Waals surface area contributed by atoms with Crippen molar-refractivity contribution in [3.05, 3.63) is 69.3 Å². The SMILES string of the molecule is CCN(CC)CCn1ccc2cc(NC(=O)c3ccc4c(=O)[nH]c(=S)[nH]c4c3)ccc21. The average Bonchev–Trinajstić information content (AvgIpc) is 3.16. The molecule has 3 N–H and O–H groups in total. The number of carbonyl (C=O) groups is 1. The standard InChI is InChI=1S/C23H25N5O2S/c1-3-27(4-2)11-12-28-10-9-15-13-17(6-8-20(15)28)24-21(29)16-5-7-18-19(14-16)25-23(31)26-22(18)30/h5-10,13-14H,3-4,11-12H2,1-2H3,(H,24,29)(H2,25,26,30,31). The summed E-state index contributed by atoms with van der Waals surface area (Å²) in [6.45, 7) is 8.36. The van der Waals surface area contributed by atoms with Crippen LogP contribution < -0.4 is 10.9 Å². The summed E-state index contributed by atoms with van der Waals surface area (Å²) in [5, 5.41) is 4.47. The van der Waals surface area contributed by atoms with Crippen molar-refractivity contribution in [2.75, 3.05) is 25.0 Å². The number of anilines is 1. The molecule has 0 saturated carbocycles. The molecule has 0 fully saturated rings. The van der Waals surface area contributed by atoms with E-state index in [1.165, 1.54) is 0 Å². The maximum Gasteiger partial charge on any atom is 0.259 e. The minimum absolute atomic E-state index is 0.228. The van der Waals surface area contributed by atoms with E-state index in [9.17, 15) is 9.59 Å². The zero-order chi connectivity index (χ0) is 22.0. The number of hydrogen-bond acceptors (Lipinski definition) is 4. The van der Waals surface area contributed by atoms with Gasteiger partial charge in [0.2, 0.25) is 0 Å². The van der Waals surface area contributed by atoms with E-state index in [-0.39, 0.29) is 16.2 Å². The second-order valence-corrected chi connectivity index (χ2v) is 7.84. The van der Waals surface area contributed by atoms with Crippen LogP contribution in [0.1, 0.15) is 24.2 Å². The number of rotatable bonds is 7. The average molecular weight is 436 g/mol. The van der Waals surface area contributed by atoms with E-state index < -0.39 is 0 Å². The number of hydrogen-bond donors (Lipinski definition) is 3. The first-order valence-electron chi connectivity index (χ1n) is 10.4. The van der Waals surface area contributed by atoms with E-state index in [0.717, 1.165) is 42.8 Å². The van der Waals surface area contributed by atoms with Crippen LogP contribution in [0.2, 0.25) is 0 Å². The lowest BCUT2D eigenvalue weighted by Gasteiger charge is -2.18. The third-order valence-corrected chi connectivity index (χ3v) is 5.79. The first-order chi connectivity index (χ1) is 15.0. The molecular formula is C23H25N5O2S. The van der Waals surface area contributed by atoms with Crippen LogP contribution in [0.3, 0.4) is 0 Å². The van der Waals surface area contributed by atoms with Crippen LogP contribution in [0, 0.1) is 4.77 Å². The van der Waals surface area contributed by atoms with Crippen molar-refractivity contribution in [2.45, 2.75) is 20.4 Å². The van der Waals surface area contributed by atoms with E-state index in [1.54, 1.807) is 18.2 Å². The van der Waals surface area contributed by atoms with E-state index in [4.69, 9.17) is 12.2 Å². The third-order valence-electron chi connectivity index (χ3n) is 5.58. The molecule has 7 nitrogen and oxygen atoms in total. The topological polar surface area (TPSA) is 85.9 Å². The molecule has 0 saturated heterocycles. The van der Waals surface area contributed by atoms with Crippen LogP contribution in [0.4, 0.5) is 5.69 Å². The van der Waals surface area contributed by atoms with E-state index in [1.807, 2.05) is 18.2 Å². The minimum atomic E-state index is -0.276. The number of H-pyrrole nitrogens is 2. The monoisotopic (exact) mass is 435 g/mol. The maximum atomic E-state index is 12.8. The van der Waals surface area contributed by atoms with Gasteiger partial charge < -0.3 is 19.8 Å². The number of aromatic amines is 2. The molecule has 0 aliphatic rings. The Hall–Kier alpha value is -3.23. The fourth-order valence-electron chi connectivity index (χ4n) is 3.78. The van der Waals surface area contributed by atoms with Crippen molar-refractivity contribution in [3.8, 4) is 0 Å². The maximum absolute atomic E-state index is 12.8. The van der Waals surface area contributed by atoms with Crippen molar-refractivity contribution in [2.24, 2.45) is 0 Å². The zero-order valence-corrected chi connectivity index (χ0v) is 18.4. The largest absolute Gasteiger partial charge is 0.346 e. The van der Waals surface area contributed by atoms with Gasteiger partial charge in [-0.2, -0.15) is 0 Å². The Morgan fingerprint density at radius 2 is 1.90 bits per heavy atom. The molecule has 0 radical (unpaired) electrons. The minimum Gasteiger partial charge on any atom is -0.346 e. The lowest BCUT2D eigenvalue weighted by molar-refractivity contribution is 0.102. The van der Waals surface area contributed by atoms with Gasteiger partial charge in [0.25, 0.3) is 11.5 Å². The van der Waals surface area contributed by atoms with Crippen molar-refractivity contribution >= 4 is 45.6 Å². The van der Waals surface area contributed by atoms with Crippen molar-refractivity contribution in [3.63, 3.8) is 0 Å². The van der Waals surface area contributed by atoms with Gasteiger partial charge in [0.1, 0.15) is 0 Å². The summed E-state index contributed by atoms with van der Waals surface area (Å²) in [6, 6.07) is 12.9. The molecule has 4 aromatic rings. The van der Waals surface area contributed by atoms with E-state index >= 15 is 0 Å². The number of fused-ring (bicyclic) bond motifs is 2. The second kappa shape index (κ2) is 8.87. The Morgan fingerprint density at radius 1 is 1.10 bits per heavy atom. The van der Waals surface area contributed by atoms with Gasteiger partial charge in [0.05, 0.1) is 10.9 Å². The van der Waals surface area contributed by atoms with Gasteiger partial charge in [-0.3, -0.25) is 14.6 Å². The second-order valence-electron chi connectivity index (χ2n) is 7.43. The highest BCUT2D eigenvalue weighted by molar-refractivity contribution is 7.71. The van der Waals surface area contributed by atoms with Gasteiger partial charge in [-0.05, 0) is 67.8 Å². The number of amides is 1. The molecule has 31 heavy (non-hydrogen) atoms. The molecular weight excluding hydrogens is 410 g/mol. The molecule has 0 bridgehead atoms. The molecule has 2 aromatic carbocycles. The van der Waals surface area contributed by atoms with Gasteiger partial charge in [0, 0.05) is 41.4 Å². The van der Waals surface area contributed by atoms with Crippen molar-refractivity contribution in [1.29, 1.82) is 0 Å². The summed E-state index contributed by atoms with van der Waals surface area (Å²) in [6.07, 6.45) is 2.09. The summed E-state index contributed by atoms with van der Waals surface area (Å²) in [5.74, 6) is -0.248. The molecule has 160 valence electrons. The molecule has 0 atom stereocenters. The molecule has 2 aromatic heterocycles. The van der Waals surface area contributed by atoms with E-state index in [2.05, 4.69) is 50.9 Å². The lowest BCUT2D eigenvalue weighted by atomic mass is 10.1. The van der Waals surface area contributed by atoms with E-state index in [0.29, 0.717) is 16.5 Å². The molecule has 1 amide bonds. The highest BCUT2D eigenvalue weighted by atomic mass is 32.1. The highest BCUT2D eigenvalue weighted by Gasteiger charge is 2.10. The van der Waals surface area contributed by atoms with Crippen molar-refractivity contribution < 1.29 is 4.79 Å². The van der Waals surface area contributed by atoms with Crippen LogP contribution in [0.25, 0.3) is 21.8 Å². The normalized spacial score (nSPS) is 11.5. The Kier molecular flexibility index (Phi) is 6.01. The number of nitrogens with one attached hydrogen (secondary N) is 3. The summed E-state index contributed by atoms with van der Waals surface area (Å²) >= 11 is 5.02. The number of aromatic nitrogens is 3. The van der Waals surface area contributed by atoms with Crippen molar-refractivity contribution in [1.82, 2.24) is 19.4 Å². The number of likely N-dealkylation sites (N-methyl/N-ethyl adjacent to an activating group) is 1. The van der Waals surface area contributed by atoms with Crippen LogP contribution in [-0.2, 0) is 6.54 Å². The summed E-state index contributed by atoms with van der Waals surface area (Å²) in [4.78, 5) is 32.6. The Morgan fingerprint density at radius 3 is 2.68 bits per heavy atom. The fraction of sp³-hybridized carbons (Fsp3) is 0.261.